The third-order valence-corrected chi connectivity index (χ3v) is 4.00. The minimum atomic E-state index is 0.847. The minimum absolute atomic E-state index is 0.847. The summed E-state index contributed by atoms with van der Waals surface area (Å²) in [6.45, 7) is 1.18. The summed E-state index contributed by atoms with van der Waals surface area (Å²) in [6, 6.07) is 6.14. The number of nitrogens with zero attached hydrogens (tertiary/aromatic N) is 1. The van der Waals surface area contributed by atoms with Crippen LogP contribution in [0.4, 0.5) is 11.4 Å². The molecular formula is C12H17IN2. The van der Waals surface area contributed by atoms with Crippen LogP contribution < -0.4 is 10.6 Å². The van der Waals surface area contributed by atoms with Gasteiger partial charge in [0, 0.05) is 22.8 Å². The molecule has 0 amide bonds. The molecule has 0 atom stereocenters. The Kier molecular flexibility index (Phi) is 3.38. The van der Waals surface area contributed by atoms with Crippen molar-refractivity contribution in [1.82, 2.24) is 0 Å². The van der Waals surface area contributed by atoms with Crippen molar-refractivity contribution in [3.05, 3.63) is 21.8 Å². The van der Waals surface area contributed by atoms with Crippen molar-refractivity contribution in [3.8, 4) is 0 Å². The van der Waals surface area contributed by atoms with Crippen LogP contribution in [0.3, 0.4) is 0 Å². The summed E-state index contributed by atoms with van der Waals surface area (Å²) in [5.41, 5.74) is 7.89. The highest BCUT2D eigenvalue weighted by molar-refractivity contribution is 14.1. The first-order valence-electron chi connectivity index (χ1n) is 5.43. The van der Waals surface area contributed by atoms with Gasteiger partial charge < -0.3 is 10.6 Å². The van der Waals surface area contributed by atoms with Crippen molar-refractivity contribution in [3.63, 3.8) is 0 Å². The molecule has 3 heteroatoms. The van der Waals surface area contributed by atoms with Crippen molar-refractivity contribution in [1.29, 1.82) is 0 Å². The van der Waals surface area contributed by atoms with Gasteiger partial charge in [0.15, 0.2) is 0 Å². The second-order valence-corrected chi connectivity index (χ2v) is 5.55. The largest absolute Gasteiger partial charge is 0.399 e. The monoisotopic (exact) mass is 316 g/mol. The van der Waals surface area contributed by atoms with Gasteiger partial charge in [-0.3, -0.25) is 0 Å². The number of nitrogen functional groups attached to an aromatic ring is 1. The van der Waals surface area contributed by atoms with Gasteiger partial charge in [-0.25, -0.2) is 0 Å². The Labute approximate surface area is 105 Å². The molecule has 0 saturated heterocycles. The van der Waals surface area contributed by atoms with Gasteiger partial charge in [-0.15, -0.1) is 0 Å². The zero-order valence-electron chi connectivity index (χ0n) is 9.04. The van der Waals surface area contributed by atoms with E-state index in [1.807, 2.05) is 12.1 Å². The second-order valence-electron chi connectivity index (χ2n) is 4.39. The number of rotatable bonds is 3. The maximum atomic E-state index is 5.74. The zero-order chi connectivity index (χ0) is 10.8. The van der Waals surface area contributed by atoms with Crippen LogP contribution in [0.1, 0.15) is 19.3 Å². The Bertz CT molecular complexity index is 347. The summed E-state index contributed by atoms with van der Waals surface area (Å²) in [4.78, 5) is 2.35. The summed E-state index contributed by atoms with van der Waals surface area (Å²) in [7, 11) is 2.17. The highest BCUT2D eigenvalue weighted by Gasteiger charge is 2.19. The van der Waals surface area contributed by atoms with Gasteiger partial charge >= 0.3 is 0 Å². The quantitative estimate of drug-likeness (QED) is 0.686. The van der Waals surface area contributed by atoms with E-state index in [-0.39, 0.29) is 0 Å². The van der Waals surface area contributed by atoms with Crippen LogP contribution in [0.15, 0.2) is 18.2 Å². The molecule has 1 aliphatic carbocycles. The molecule has 1 saturated carbocycles. The van der Waals surface area contributed by atoms with Crippen LogP contribution in [0, 0.1) is 9.49 Å². The van der Waals surface area contributed by atoms with E-state index >= 15 is 0 Å². The van der Waals surface area contributed by atoms with Gasteiger partial charge in [0.25, 0.3) is 0 Å². The Balaban J connectivity index is 2.06. The third-order valence-electron chi connectivity index (χ3n) is 3.14. The molecule has 0 spiro atoms. The van der Waals surface area contributed by atoms with Crippen LogP contribution in [-0.2, 0) is 0 Å². The summed E-state index contributed by atoms with van der Waals surface area (Å²) >= 11 is 2.36. The van der Waals surface area contributed by atoms with Gasteiger partial charge in [0.05, 0.1) is 5.69 Å². The molecule has 1 aromatic rings. The number of anilines is 2. The highest BCUT2D eigenvalue weighted by atomic mass is 127. The Morgan fingerprint density at radius 2 is 2.20 bits per heavy atom. The predicted octanol–water partition coefficient (Wildman–Crippen LogP) is 3.11. The molecule has 0 bridgehead atoms. The first-order chi connectivity index (χ1) is 7.16. The molecule has 15 heavy (non-hydrogen) atoms. The van der Waals surface area contributed by atoms with Crippen molar-refractivity contribution >= 4 is 34.0 Å². The van der Waals surface area contributed by atoms with E-state index < -0.39 is 0 Å². The van der Waals surface area contributed by atoms with E-state index in [9.17, 15) is 0 Å². The maximum Gasteiger partial charge on any atom is 0.0500 e. The minimum Gasteiger partial charge on any atom is -0.399 e. The number of benzene rings is 1. The van der Waals surface area contributed by atoms with E-state index in [1.54, 1.807) is 0 Å². The molecule has 0 aromatic heterocycles. The molecule has 1 aliphatic rings. The molecule has 2 rings (SSSR count). The van der Waals surface area contributed by atoms with Crippen molar-refractivity contribution < 1.29 is 0 Å². The van der Waals surface area contributed by atoms with E-state index in [0.29, 0.717) is 0 Å². The van der Waals surface area contributed by atoms with Crippen LogP contribution in [-0.4, -0.2) is 13.6 Å². The number of hydrogen-bond acceptors (Lipinski definition) is 2. The number of hydrogen-bond donors (Lipinski definition) is 1. The van der Waals surface area contributed by atoms with Gasteiger partial charge in [-0.1, -0.05) is 6.42 Å². The Morgan fingerprint density at radius 3 is 2.73 bits per heavy atom. The Morgan fingerprint density at radius 1 is 1.47 bits per heavy atom. The molecule has 0 unspecified atom stereocenters. The topological polar surface area (TPSA) is 29.3 Å². The van der Waals surface area contributed by atoms with Crippen LogP contribution in [0.2, 0.25) is 0 Å². The van der Waals surface area contributed by atoms with Crippen LogP contribution in [0.5, 0.6) is 0 Å². The highest BCUT2D eigenvalue weighted by Crippen LogP contribution is 2.30. The van der Waals surface area contributed by atoms with E-state index in [4.69, 9.17) is 5.73 Å². The van der Waals surface area contributed by atoms with Gasteiger partial charge in [-0.2, -0.15) is 0 Å². The molecule has 0 heterocycles. The number of nitrogens with two attached hydrogens (primary N) is 1. The second kappa shape index (κ2) is 4.60. The van der Waals surface area contributed by atoms with E-state index in [1.165, 1.54) is 35.1 Å². The molecule has 0 radical (unpaired) electrons. The van der Waals surface area contributed by atoms with Gasteiger partial charge in [-0.05, 0) is 59.5 Å². The van der Waals surface area contributed by atoms with E-state index in [0.717, 1.165) is 11.6 Å². The lowest BCUT2D eigenvalue weighted by molar-refractivity contribution is 0.321. The summed E-state index contributed by atoms with van der Waals surface area (Å²) in [5.74, 6) is 0.906. The van der Waals surface area contributed by atoms with Crippen LogP contribution in [0.25, 0.3) is 0 Å². The molecule has 2 nitrogen and oxygen atoms in total. The average molecular weight is 316 g/mol. The molecule has 82 valence electrons. The van der Waals surface area contributed by atoms with Crippen molar-refractivity contribution in [2.24, 2.45) is 5.92 Å². The first-order valence-corrected chi connectivity index (χ1v) is 6.51. The van der Waals surface area contributed by atoms with E-state index in [2.05, 4.69) is 40.6 Å². The van der Waals surface area contributed by atoms with Gasteiger partial charge in [0.1, 0.15) is 0 Å². The smallest absolute Gasteiger partial charge is 0.0500 e. The fourth-order valence-electron chi connectivity index (χ4n) is 1.99. The fourth-order valence-corrected chi connectivity index (χ4v) is 2.94. The average Bonchev–Trinajstić information content (AvgIpc) is 2.11. The van der Waals surface area contributed by atoms with Crippen molar-refractivity contribution in [2.75, 3.05) is 24.2 Å². The van der Waals surface area contributed by atoms with Crippen molar-refractivity contribution in [2.45, 2.75) is 19.3 Å². The summed E-state index contributed by atoms with van der Waals surface area (Å²) in [5, 5.41) is 0. The summed E-state index contributed by atoms with van der Waals surface area (Å²) < 4.78 is 1.24. The Hall–Kier alpha value is -0.450. The molecule has 1 fully saturated rings. The fraction of sp³-hybridized carbons (Fsp3) is 0.500. The lowest BCUT2D eigenvalue weighted by Gasteiger charge is -2.31. The third kappa shape index (κ3) is 2.56. The lowest BCUT2D eigenvalue weighted by atomic mass is 9.85. The molecule has 0 aliphatic heterocycles. The van der Waals surface area contributed by atoms with Gasteiger partial charge in [0.2, 0.25) is 0 Å². The number of halogens is 1. The predicted molar refractivity (Wildman–Crippen MR) is 74.2 cm³/mol. The zero-order valence-corrected chi connectivity index (χ0v) is 11.2. The lowest BCUT2D eigenvalue weighted by Crippen LogP contribution is -2.29. The molecule has 1 aromatic carbocycles. The first kappa shape index (κ1) is 11.0. The summed E-state index contributed by atoms with van der Waals surface area (Å²) in [6.07, 6.45) is 4.21. The normalized spacial score (nSPS) is 16.1. The van der Waals surface area contributed by atoms with Crippen LogP contribution >= 0.6 is 22.6 Å². The standard InChI is InChI=1S/C12H17IN2/c1-15(8-9-3-2-4-9)12-6-5-10(14)7-11(12)13/h5-7,9H,2-4,8,14H2,1H3. The maximum absolute atomic E-state index is 5.74. The molecule has 2 N–H and O–H groups in total. The molecular weight excluding hydrogens is 299 g/mol. The SMILES string of the molecule is CN(CC1CCC1)c1ccc(N)cc1I.